The Balaban J connectivity index is 0.000000106. The van der Waals surface area contributed by atoms with Crippen LogP contribution in [0, 0.1) is 79.1 Å². The normalized spacial score (nSPS) is 14.7. The van der Waals surface area contributed by atoms with Crippen LogP contribution in [0.4, 0.5) is 0 Å². The Hall–Kier alpha value is -13.6. The summed E-state index contributed by atoms with van der Waals surface area (Å²) in [4.78, 5) is 0. The van der Waals surface area contributed by atoms with Gasteiger partial charge in [-0.1, -0.05) is 240 Å². The Kier molecular flexibility index (Phi) is 21.9. The van der Waals surface area contributed by atoms with Crippen molar-refractivity contribution in [1.29, 1.82) is 0 Å². The van der Waals surface area contributed by atoms with Gasteiger partial charge < -0.3 is 17.7 Å². The zero-order valence-electron chi connectivity index (χ0n) is 84.8. The molecular weight excluding hydrogens is 1680 g/mol. The quantitative estimate of drug-likeness (QED) is 0.114. The van der Waals surface area contributed by atoms with Crippen LogP contribution < -0.4 is 18.3 Å². The smallest absolute Gasteiger partial charge is 0.216 e. The molecule has 20 aromatic rings. The summed E-state index contributed by atoms with van der Waals surface area (Å²) in [6.45, 7) is 40.9. The molecule has 0 unspecified atom stereocenters. The highest BCUT2D eigenvalue weighted by molar-refractivity contribution is 6.17. The Morgan fingerprint density at radius 3 is 0.964 bits per heavy atom. The molecule has 0 atom stereocenters. The first kappa shape index (κ1) is 89.6. The second-order valence-corrected chi connectivity index (χ2v) is 43.9. The van der Waals surface area contributed by atoms with E-state index in [1.54, 1.807) is 0 Å². The van der Waals surface area contributed by atoms with Crippen LogP contribution in [-0.4, -0.2) is 0 Å². The molecule has 8 aromatic heterocycles. The summed E-state index contributed by atoms with van der Waals surface area (Å²) in [6, 6.07) is 90.4. The molecular formula is C130H130N4O4+4. The minimum atomic E-state index is -0.0507. The molecule has 0 N–H and O–H groups in total. The summed E-state index contributed by atoms with van der Waals surface area (Å²) < 4.78 is 36.2. The lowest BCUT2D eigenvalue weighted by Crippen LogP contribution is -2.30. The van der Waals surface area contributed by atoms with E-state index >= 15 is 0 Å². The lowest BCUT2D eigenvalue weighted by atomic mass is 9.67. The number of benzene rings is 12. The van der Waals surface area contributed by atoms with E-state index in [1.165, 1.54) is 247 Å². The number of nitrogens with zero attached hydrogens (tertiary/aromatic N) is 4. The van der Waals surface area contributed by atoms with Crippen LogP contribution in [0.25, 0.3) is 177 Å². The predicted molar refractivity (Wildman–Crippen MR) is 572 cm³/mol. The van der Waals surface area contributed by atoms with Gasteiger partial charge in [0, 0.05) is 124 Å². The first-order valence-corrected chi connectivity index (χ1v) is 50.6. The molecule has 0 amide bonds. The van der Waals surface area contributed by atoms with Crippen LogP contribution in [0.2, 0.25) is 0 Å². The minimum absolute atomic E-state index is 0.0137. The maximum Gasteiger partial charge on any atom is 0.216 e. The van der Waals surface area contributed by atoms with Gasteiger partial charge in [0.15, 0.2) is 24.8 Å². The van der Waals surface area contributed by atoms with Crippen LogP contribution in [0.5, 0.6) is 0 Å². The molecule has 1 saturated carbocycles. The summed E-state index contributed by atoms with van der Waals surface area (Å²) in [5, 5.41) is 9.74. The number of rotatable bonds is 12. The van der Waals surface area contributed by atoms with Gasteiger partial charge in [-0.2, -0.15) is 0 Å². The SMILES string of the molecule is Cc1cc[n+](C)c(-c2c(C)ccc3c2oc2c4c(ccc23)-c2ccccc2C4(CC(C)C)CC(C)C)c1.Cc1cc[n+](C)c(-c2c(C)ccc3c2oc2c4c(ccc23)-c2ccccc2C42CCCC2)c1.Cc1cc[n+](C)c(-c2c(C)ccc3c2oc2cc4c(cc23)C(C)(C)c2ccccc2-4)c1.Cc1cc[n+](C)c(-c2c(C)ccc3c2oc2cc4c(cc23)C(CC(C)C)(CC(C)C)c2ccccc2-4)c1. The standard InChI is InChI=1S/2C35H38NO.C31H28NO.C29H26NO/c1-21(2)19-35(20-22(3)4)29-11-9-8-10-25(29)27-18-32-28(17-30(27)35)26-13-12-24(6)33(34(26)37-32)31-16-23(5)14-15-36(31)7;1-21(2)19-35(20-22(3)4)29-11-9-8-10-25(29)26-14-15-28-27-13-12-24(6)31(33(27)37-34(28)32(26)35)30-18-23(5)16-17-36(30)7;1-19-14-17-32(3)26(18-19)27-20(2)10-11-23-24-13-12-22-21-8-4-5-9-25(21)31(15-6-7-16-31)28(22)30(24)33-29(23)27;1-17-12-13-30(5)25(14-17)27-18(2)10-11-20-22-15-24-21(16-26(22)31-28(20)27)19-8-6-7-9-23(19)29(24,3)4/h2*8-18,21-22H,19-20H2,1-7H3;4-5,8-14,17-18H,6-7,15-16H2,1-3H3;6-16H,1-5H3/q4*+1. The van der Waals surface area contributed by atoms with Gasteiger partial charge in [-0.05, 0) is 276 Å². The molecule has 0 saturated heterocycles. The molecule has 5 aliphatic carbocycles. The van der Waals surface area contributed by atoms with Gasteiger partial charge in [0.05, 0.1) is 22.3 Å². The number of pyridine rings is 4. The van der Waals surface area contributed by atoms with Crippen LogP contribution in [0.1, 0.15) is 210 Å². The van der Waals surface area contributed by atoms with E-state index in [2.05, 4.69) is 439 Å². The average molecular weight is 1810 g/mol. The Bertz CT molecular complexity index is 8380. The van der Waals surface area contributed by atoms with Crippen molar-refractivity contribution < 1.29 is 35.9 Å². The first-order chi connectivity index (χ1) is 66.3. The molecule has 0 radical (unpaired) electrons. The van der Waals surface area contributed by atoms with E-state index in [4.69, 9.17) is 17.7 Å². The van der Waals surface area contributed by atoms with E-state index in [1.807, 2.05) is 0 Å². The van der Waals surface area contributed by atoms with Gasteiger partial charge in [0.1, 0.15) is 72.9 Å². The average Bonchev–Trinajstić information content (AvgIpc) is 1.52. The highest BCUT2D eigenvalue weighted by atomic mass is 16.3. The van der Waals surface area contributed by atoms with Crippen molar-refractivity contribution in [3.05, 3.63) is 356 Å². The molecule has 1 fully saturated rings. The predicted octanol–water partition coefficient (Wildman–Crippen LogP) is 32.6. The van der Waals surface area contributed by atoms with E-state index < -0.39 is 0 Å². The van der Waals surface area contributed by atoms with Crippen molar-refractivity contribution >= 4 is 87.8 Å². The van der Waals surface area contributed by atoms with Crippen LogP contribution in [0.15, 0.2) is 285 Å². The van der Waals surface area contributed by atoms with Crippen LogP contribution in [-0.2, 0) is 49.9 Å². The third kappa shape index (κ3) is 14.1. The number of aryl methyl sites for hydroxylation is 12. The van der Waals surface area contributed by atoms with Gasteiger partial charge in [-0.25, -0.2) is 18.3 Å². The van der Waals surface area contributed by atoms with Gasteiger partial charge in [-0.15, -0.1) is 0 Å². The molecule has 138 heavy (non-hydrogen) atoms. The van der Waals surface area contributed by atoms with Crippen LogP contribution in [0.3, 0.4) is 0 Å². The molecule has 0 bridgehead atoms. The maximum atomic E-state index is 7.09. The van der Waals surface area contributed by atoms with E-state index in [0.29, 0.717) is 23.7 Å². The summed E-state index contributed by atoms with van der Waals surface area (Å²) in [5.41, 5.74) is 50.1. The summed E-state index contributed by atoms with van der Waals surface area (Å²) >= 11 is 0. The molecule has 12 aromatic carbocycles. The maximum absolute atomic E-state index is 7.09. The second kappa shape index (κ2) is 33.7. The molecule has 5 aliphatic rings. The van der Waals surface area contributed by atoms with Crippen molar-refractivity contribution in [2.24, 2.45) is 51.9 Å². The highest BCUT2D eigenvalue weighted by Crippen LogP contribution is 2.63. The number of fused-ring (bicyclic) bond motifs is 28. The van der Waals surface area contributed by atoms with Crippen molar-refractivity contribution in [3.8, 4) is 89.5 Å². The third-order valence-electron chi connectivity index (χ3n) is 32.0. The topological polar surface area (TPSA) is 68.1 Å². The largest absolute Gasteiger partial charge is 0.455 e. The number of furan rings is 4. The number of hydrogen-bond donors (Lipinski definition) is 0. The van der Waals surface area contributed by atoms with Crippen molar-refractivity contribution in [2.45, 2.75) is 198 Å². The first-order valence-electron chi connectivity index (χ1n) is 50.6. The third-order valence-corrected chi connectivity index (χ3v) is 32.0. The van der Waals surface area contributed by atoms with E-state index in [-0.39, 0.29) is 21.7 Å². The zero-order valence-corrected chi connectivity index (χ0v) is 84.8. The van der Waals surface area contributed by atoms with E-state index in [9.17, 15) is 0 Å². The summed E-state index contributed by atoms with van der Waals surface area (Å²) in [6.07, 6.45) is 18.1. The van der Waals surface area contributed by atoms with Gasteiger partial charge in [-0.3, -0.25) is 0 Å². The molecule has 0 aliphatic heterocycles. The summed E-state index contributed by atoms with van der Waals surface area (Å²) in [7, 11) is 8.47. The highest BCUT2D eigenvalue weighted by Gasteiger charge is 2.50. The number of aromatic nitrogens is 4. The van der Waals surface area contributed by atoms with Gasteiger partial charge >= 0.3 is 0 Å². The van der Waals surface area contributed by atoms with Crippen LogP contribution >= 0.6 is 0 Å². The lowest BCUT2D eigenvalue weighted by molar-refractivity contribution is -0.660. The lowest BCUT2D eigenvalue weighted by Gasteiger charge is -2.35. The minimum Gasteiger partial charge on any atom is -0.455 e. The van der Waals surface area contributed by atoms with Gasteiger partial charge in [0.25, 0.3) is 0 Å². The fourth-order valence-electron chi connectivity index (χ4n) is 26.2. The monoisotopic (exact) mass is 1810 g/mol. The second-order valence-electron chi connectivity index (χ2n) is 43.9. The molecule has 8 heteroatoms. The molecule has 25 rings (SSSR count). The Morgan fingerprint density at radius 2 is 0.558 bits per heavy atom. The number of hydrogen-bond acceptors (Lipinski definition) is 4. The molecule has 8 heterocycles. The fraction of sp³-hybridized carbons (Fsp3) is 0.292. The van der Waals surface area contributed by atoms with Crippen molar-refractivity contribution in [1.82, 2.24) is 0 Å². The molecule has 1 spiro atoms. The molecule has 8 nitrogen and oxygen atoms in total. The Morgan fingerprint density at radius 1 is 0.261 bits per heavy atom. The van der Waals surface area contributed by atoms with Gasteiger partial charge in [0.2, 0.25) is 22.8 Å². The van der Waals surface area contributed by atoms with Crippen molar-refractivity contribution in [2.75, 3.05) is 0 Å². The van der Waals surface area contributed by atoms with E-state index in [0.717, 1.165) is 70.3 Å². The summed E-state index contributed by atoms with van der Waals surface area (Å²) in [5.74, 6) is 2.35. The van der Waals surface area contributed by atoms with Crippen molar-refractivity contribution in [3.63, 3.8) is 0 Å². The molecule has 690 valence electrons. The zero-order chi connectivity index (χ0) is 95.9. The fourth-order valence-corrected chi connectivity index (χ4v) is 26.2. The Labute approximate surface area is 813 Å².